The number of para-hydroxylation sites is 2. The number of nitrogens with one attached hydrogen (secondary N) is 1. The molecule has 0 saturated heterocycles. The molecular formula is C18H18ClNO3. The fourth-order valence-corrected chi connectivity index (χ4v) is 2.77. The van der Waals surface area contributed by atoms with Crippen molar-refractivity contribution < 1.29 is 14.6 Å². The van der Waals surface area contributed by atoms with Crippen LogP contribution >= 0.6 is 11.6 Å². The number of aromatic carboxylic acids is 1. The Morgan fingerprint density at radius 3 is 2.61 bits per heavy atom. The van der Waals surface area contributed by atoms with Gasteiger partial charge in [-0.1, -0.05) is 36.2 Å². The number of carboxylic acids is 1. The van der Waals surface area contributed by atoms with Gasteiger partial charge < -0.3 is 15.2 Å². The smallest absolute Gasteiger partial charge is 0.337 e. The first-order valence-corrected chi connectivity index (χ1v) is 8.03. The van der Waals surface area contributed by atoms with Crippen LogP contribution in [0, 0.1) is 5.92 Å². The molecule has 4 nitrogen and oxygen atoms in total. The van der Waals surface area contributed by atoms with E-state index in [0.29, 0.717) is 34.7 Å². The predicted molar refractivity (Wildman–Crippen MR) is 91.0 cm³/mol. The van der Waals surface area contributed by atoms with Gasteiger partial charge in [0.15, 0.2) is 5.75 Å². The lowest BCUT2D eigenvalue weighted by molar-refractivity contribution is 0.0698. The van der Waals surface area contributed by atoms with Gasteiger partial charge in [-0.25, -0.2) is 4.79 Å². The van der Waals surface area contributed by atoms with E-state index < -0.39 is 5.97 Å². The van der Waals surface area contributed by atoms with Crippen LogP contribution in [0.3, 0.4) is 0 Å². The summed E-state index contributed by atoms with van der Waals surface area (Å²) in [5.74, 6) is 0.179. The molecule has 0 aliphatic heterocycles. The summed E-state index contributed by atoms with van der Waals surface area (Å²) in [7, 11) is 0. The number of halogens is 1. The zero-order chi connectivity index (χ0) is 16.2. The Hall–Kier alpha value is -2.20. The van der Waals surface area contributed by atoms with Gasteiger partial charge in [0.05, 0.1) is 28.6 Å². The van der Waals surface area contributed by atoms with Gasteiger partial charge in [-0.2, -0.15) is 0 Å². The van der Waals surface area contributed by atoms with Crippen LogP contribution in [-0.2, 0) is 0 Å². The number of ether oxygens (including phenoxy) is 1. The minimum absolute atomic E-state index is 0.206. The maximum absolute atomic E-state index is 11.3. The Morgan fingerprint density at radius 1 is 1.17 bits per heavy atom. The minimum atomic E-state index is -0.980. The fraction of sp³-hybridized carbons (Fsp3) is 0.278. The van der Waals surface area contributed by atoms with Gasteiger partial charge >= 0.3 is 5.97 Å². The van der Waals surface area contributed by atoms with Crippen LogP contribution in [0.5, 0.6) is 5.75 Å². The first-order chi connectivity index (χ1) is 11.1. The Bertz CT molecular complexity index is 713. The quantitative estimate of drug-likeness (QED) is 0.785. The summed E-state index contributed by atoms with van der Waals surface area (Å²) in [6, 6.07) is 12.2. The molecule has 0 spiro atoms. The minimum Gasteiger partial charge on any atom is -0.490 e. The third-order valence-corrected chi connectivity index (χ3v) is 4.38. The topological polar surface area (TPSA) is 58.6 Å². The number of hydrogen-bond donors (Lipinski definition) is 2. The van der Waals surface area contributed by atoms with Crippen molar-refractivity contribution in [2.45, 2.75) is 19.3 Å². The van der Waals surface area contributed by atoms with E-state index in [9.17, 15) is 9.90 Å². The third-order valence-electron chi connectivity index (χ3n) is 4.08. The Balaban J connectivity index is 1.84. The summed E-state index contributed by atoms with van der Waals surface area (Å²) in [5.41, 5.74) is 1.39. The molecule has 2 aromatic rings. The van der Waals surface area contributed by atoms with Gasteiger partial charge in [0.2, 0.25) is 0 Å². The second-order valence-electron chi connectivity index (χ2n) is 5.70. The molecule has 2 N–H and O–H groups in total. The normalized spacial score (nSPS) is 14.1. The molecule has 3 rings (SSSR count). The number of carbonyl (C=O) groups is 1. The lowest BCUT2D eigenvalue weighted by Gasteiger charge is -2.26. The lowest BCUT2D eigenvalue weighted by Crippen LogP contribution is -2.19. The van der Waals surface area contributed by atoms with Crippen LogP contribution in [0.4, 0.5) is 11.4 Å². The van der Waals surface area contributed by atoms with E-state index in [4.69, 9.17) is 16.3 Å². The van der Waals surface area contributed by atoms with Crippen molar-refractivity contribution in [2.75, 3.05) is 11.9 Å². The highest BCUT2D eigenvalue weighted by Gasteiger charge is 2.20. The third kappa shape index (κ3) is 3.59. The second-order valence-corrected chi connectivity index (χ2v) is 6.11. The van der Waals surface area contributed by atoms with Crippen molar-refractivity contribution in [2.24, 2.45) is 5.92 Å². The van der Waals surface area contributed by atoms with Gasteiger partial charge in [-0.15, -0.1) is 0 Å². The Labute approximate surface area is 140 Å². The summed E-state index contributed by atoms with van der Waals surface area (Å²) < 4.78 is 5.90. The number of hydrogen-bond acceptors (Lipinski definition) is 3. The molecule has 1 aliphatic rings. The molecule has 120 valence electrons. The summed E-state index contributed by atoms with van der Waals surface area (Å²) in [6.07, 6.45) is 3.64. The van der Waals surface area contributed by atoms with Gasteiger partial charge in [0, 0.05) is 0 Å². The van der Waals surface area contributed by atoms with Crippen molar-refractivity contribution in [1.29, 1.82) is 0 Å². The standard InChI is InChI=1S/C18H18ClNO3/c19-14-8-4-10-16(17(14)23-11-12-5-3-6-12)20-15-9-2-1-7-13(15)18(21)22/h1-2,4,7-10,12,20H,3,5-6,11H2,(H,21,22). The van der Waals surface area contributed by atoms with Crippen molar-refractivity contribution in [3.8, 4) is 5.75 Å². The van der Waals surface area contributed by atoms with Crippen LogP contribution in [0.15, 0.2) is 42.5 Å². The van der Waals surface area contributed by atoms with E-state index in [2.05, 4.69) is 5.32 Å². The van der Waals surface area contributed by atoms with Crippen LogP contribution in [0.1, 0.15) is 29.6 Å². The molecule has 0 heterocycles. The molecule has 0 unspecified atom stereocenters. The van der Waals surface area contributed by atoms with Gasteiger partial charge in [0.1, 0.15) is 0 Å². The largest absolute Gasteiger partial charge is 0.490 e. The zero-order valence-electron chi connectivity index (χ0n) is 12.6. The molecule has 1 saturated carbocycles. The monoisotopic (exact) mass is 331 g/mol. The van der Waals surface area contributed by atoms with E-state index >= 15 is 0 Å². The molecule has 0 bridgehead atoms. The fourth-order valence-electron chi connectivity index (χ4n) is 2.54. The summed E-state index contributed by atoms with van der Waals surface area (Å²) >= 11 is 6.26. The summed E-state index contributed by atoms with van der Waals surface area (Å²) in [6.45, 7) is 0.638. The predicted octanol–water partition coefficient (Wildman–Crippen LogP) is 4.96. The Morgan fingerprint density at radius 2 is 1.91 bits per heavy atom. The molecular weight excluding hydrogens is 314 g/mol. The number of anilines is 2. The van der Waals surface area contributed by atoms with E-state index in [0.717, 1.165) is 0 Å². The molecule has 1 fully saturated rings. The average Bonchev–Trinajstić information content (AvgIpc) is 2.48. The maximum Gasteiger partial charge on any atom is 0.337 e. The van der Waals surface area contributed by atoms with E-state index in [1.54, 1.807) is 30.3 Å². The lowest BCUT2D eigenvalue weighted by atomic mass is 9.86. The van der Waals surface area contributed by atoms with Gasteiger partial charge in [0.25, 0.3) is 0 Å². The highest BCUT2D eigenvalue weighted by atomic mass is 35.5. The molecule has 0 radical (unpaired) electrons. The van der Waals surface area contributed by atoms with Gasteiger partial charge in [-0.05, 0) is 43.0 Å². The van der Waals surface area contributed by atoms with Crippen molar-refractivity contribution in [1.82, 2.24) is 0 Å². The van der Waals surface area contributed by atoms with Crippen LogP contribution in [0.25, 0.3) is 0 Å². The number of rotatable bonds is 6. The Kier molecular flexibility index (Phi) is 4.72. The molecule has 0 amide bonds. The zero-order valence-corrected chi connectivity index (χ0v) is 13.3. The van der Waals surface area contributed by atoms with Crippen LogP contribution < -0.4 is 10.1 Å². The van der Waals surface area contributed by atoms with E-state index in [-0.39, 0.29) is 5.56 Å². The van der Waals surface area contributed by atoms with E-state index in [1.807, 2.05) is 12.1 Å². The van der Waals surface area contributed by atoms with Crippen molar-refractivity contribution in [3.63, 3.8) is 0 Å². The molecule has 0 aromatic heterocycles. The summed E-state index contributed by atoms with van der Waals surface area (Å²) in [5, 5.41) is 12.9. The van der Waals surface area contributed by atoms with Gasteiger partial charge in [-0.3, -0.25) is 0 Å². The molecule has 5 heteroatoms. The highest BCUT2D eigenvalue weighted by Crippen LogP contribution is 2.37. The second kappa shape index (κ2) is 6.92. The van der Waals surface area contributed by atoms with Crippen molar-refractivity contribution in [3.05, 3.63) is 53.1 Å². The molecule has 1 aliphatic carbocycles. The molecule has 23 heavy (non-hydrogen) atoms. The average molecular weight is 332 g/mol. The summed E-state index contributed by atoms with van der Waals surface area (Å²) in [4.78, 5) is 11.3. The number of benzene rings is 2. The first kappa shape index (κ1) is 15.7. The van der Waals surface area contributed by atoms with E-state index in [1.165, 1.54) is 19.3 Å². The highest BCUT2D eigenvalue weighted by molar-refractivity contribution is 6.32. The van der Waals surface area contributed by atoms with Crippen LogP contribution in [-0.4, -0.2) is 17.7 Å². The van der Waals surface area contributed by atoms with Crippen molar-refractivity contribution >= 4 is 28.9 Å². The molecule has 0 atom stereocenters. The number of carboxylic acid groups (broad SMARTS) is 1. The SMILES string of the molecule is O=C(O)c1ccccc1Nc1cccc(Cl)c1OCC1CCC1. The molecule has 2 aromatic carbocycles. The maximum atomic E-state index is 11.3. The first-order valence-electron chi connectivity index (χ1n) is 7.66. The van der Waals surface area contributed by atoms with Crippen LogP contribution in [0.2, 0.25) is 5.02 Å².